The zero-order chi connectivity index (χ0) is 24.5. The minimum atomic E-state index is -6.12. The lowest BCUT2D eigenvalue weighted by Gasteiger charge is -2.49. The van der Waals surface area contributed by atoms with Crippen molar-refractivity contribution >= 4 is 17.5 Å². The monoisotopic (exact) mass is 474 g/mol. The number of ketones is 1. The molecule has 2 amide bonds. The number of Topliss-reactive ketones (excluding diaryl/α,β-unsaturated/α-hetero) is 1. The Hall–Kier alpha value is -2.73. The third-order valence-electron chi connectivity index (χ3n) is 5.30. The number of carbonyl (C=O) groups is 2. The maximum Gasteiger partial charge on any atom is 0.425 e. The molecule has 0 saturated heterocycles. The highest BCUT2D eigenvalue weighted by atomic mass is 19.4. The van der Waals surface area contributed by atoms with Crippen molar-refractivity contribution in [1.29, 1.82) is 0 Å². The standard InChI is InChI=1S/C19H15F9N2O2/c1-15(2)7-11-13(12(31)8-15)16(18(23,24)25,19(26,27)28)29-14(32)30(11)10-5-3-9(4-6-10)17(20,21)22/h3-6H,7-8H2,1-2H3,(H,29,32). The van der Waals surface area contributed by atoms with Gasteiger partial charge in [0, 0.05) is 12.1 Å². The van der Waals surface area contributed by atoms with Gasteiger partial charge in [0.25, 0.3) is 5.54 Å². The highest BCUT2D eigenvalue weighted by Gasteiger charge is 2.77. The van der Waals surface area contributed by atoms with Crippen LogP contribution in [0.15, 0.2) is 35.5 Å². The second kappa shape index (κ2) is 6.88. The summed E-state index contributed by atoms with van der Waals surface area (Å²) in [7, 11) is 0. The first-order valence-electron chi connectivity index (χ1n) is 9.02. The van der Waals surface area contributed by atoms with Crippen molar-refractivity contribution in [3.05, 3.63) is 41.1 Å². The average Bonchev–Trinajstić information content (AvgIpc) is 2.57. The van der Waals surface area contributed by atoms with Crippen molar-refractivity contribution in [3.63, 3.8) is 0 Å². The van der Waals surface area contributed by atoms with Crippen molar-refractivity contribution < 1.29 is 49.1 Å². The molecule has 0 aromatic heterocycles. The van der Waals surface area contributed by atoms with E-state index >= 15 is 0 Å². The van der Waals surface area contributed by atoms with E-state index < -0.39 is 76.7 Å². The van der Waals surface area contributed by atoms with Gasteiger partial charge < -0.3 is 5.32 Å². The summed E-state index contributed by atoms with van der Waals surface area (Å²) in [6.45, 7) is 2.82. The maximum absolute atomic E-state index is 13.9. The summed E-state index contributed by atoms with van der Waals surface area (Å²) in [6.07, 6.45) is -18.2. The van der Waals surface area contributed by atoms with Crippen LogP contribution in [0, 0.1) is 5.41 Å². The molecule has 13 heteroatoms. The van der Waals surface area contributed by atoms with E-state index in [2.05, 4.69) is 0 Å². The molecule has 0 radical (unpaired) electrons. The van der Waals surface area contributed by atoms with Gasteiger partial charge in [-0.2, -0.15) is 39.5 Å². The number of benzene rings is 1. The summed E-state index contributed by atoms with van der Waals surface area (Å²) >= 11 is 0. The predicted octanol–water partition coefficient (Wildman–Crippen LogP) is 5.74. The summed E-state index contributed by atoms with van der Waals surface area (Å²) in [6, 6.07) is 0.631. The van der Waals surface area contributed by atoms with E-state index in [1.807, 2.05) is 0 Å². The van der Waals surface area contributed by atoms with Crippen LogP contribution in [0.1, 0.15) is 32.3 Å². The summed E-state index contributed by atoms with van der Waals surface area (Å²) in [5.74, 6) is -1.47. The average molecular weight is 474 g/mol. The van der Waals surface area contributed by atoms with Gasteiger partial charge >= 0.3 is 24.6 Å². The number of alkyl halides is 9. The molecular formula is C19H15F9N2O2. The molecule has 1 N–H and O–H groups in total. The van der Waals surface area contributed by atoms with Gasteiger partial charge in [0.1, 0.15) is 0 Å². The summed E-state index contributed by atoms with van der Waals surface area (Å²) in [5, 5.41) is 0.896. The second-order valence-corrected chi connectivity index (χ2v) is 8.32. The Morgan fingerprint density at radius 3 is 1.78 bits per heavy atom. The van der Waals surface area contributed by atoms with E-state index in [9.17, 15) is 49.1 Å². The van der Waals surface area contributed by atoms with Crippen LogP contribution in [0.2, 0.25) is 0 Å². The second-order valence-electron chi connectivity index (χ2n) is 8.32. The molecule has 0 saturated carbocycles. The summed E-state index contributed by atoms with van der Waals surface area (Å²) in [5.41, 5.74) is -10.2. The molecule has 1 aromatic carbocycles. The number of amides is 2. The quantitative estimate of drug-likeness (QED) is 0.528. The Labute approximate surface area is 175 Å². The number of carbonyl (C=O) groups excluding carboxylic acids is 2. The van der Waals surface area contributed by atoms with Crippen LogP contribution in [-0.4, -0.2) is 29.7 Å². The van der Waals surface area contributed by atoms with E-state index in [1.54, 1.807) is 0 Å². The Bertz CT molecular complexity index is 972. The van der Waals surface area contributed by atoms with Crippen LogP contribution in [0.25, 0.3) is 0 Å². The van der Waals surface area contributed by atoms with E-state index in [1.165, 1.54) is 13.8 Å². The first-order valence-corrected chi connectivity index (χ1v) is 9.02. The molecule has 32 heavy (non-hydrogen) atoms. The van der Waals surface area contributed by atoms with Crippen LogP contribution in [0.4, 0.5) is 50.0 Å². The number of nitrogens with one attached hydrogen (secondary N) is 1. The molecule has 4 nitrogen and oxygen atoms in total. The Morgan fingerprint density at radius 1 is 0.844 bits per heavy atom. The third-order valence-corrected chi connectivity index (χ3v) is 5.30. The van der Waals surface area contributed by atoms with Gasteiger partial charge in [-0.1, -0.05) is 13.8 Å². The molecule has 1 aliphatic heterocycles. The highest BCUT2D eigenvalue weighted by molar-refractivity contribution is 6.08. The van der Waals surface area contributed by atoms with Crippen molar-refractivity contribution in [2.24, 2.45) is 5.41 Å². The van der Waals surface area contributed by atoms with Gasteiger partial charge in [-0.25, -0.2) is 4.79 Å². The van der Waals surface area contributed by atoms with Gasteiger partial charge in [0.2, 0.25) is 0 Å². The molecule has 3 rings (SSSR count). The lowest BCUT2D eigenvalue weighted by Crippen LogP contribution is -2.74. The smallest absolute Gasteiger partial charge is 0.312 e. The summed E-state index contributed by atoms with van der Waals surface area (Å²) in [4.78, 5) is 25.6. The SMILES string of the molecule is CC1(C)CC(=O)C2=C(C1)N(c1ccc(C(F)(F)F)cc1)C(=O)NC2(C(F)(F)F)C(F)(F)F. The first-order chi connectivity index (χ1) is 14.3. The molecule has 0 bridgehead atoms. The number of nitrogens with zero attached hydrogens (tertiary/aromatic N) is 1. The van der Waals surface area contributed by atoms with Crippen molar-refractivity contribution in [2.45, 2.75) is 50.8 Å². The fourth-order valence-corrected chi connectivity index (χ4v) is 3.96. The van der Waals surface area contributed by atoms with Crippen LogP contribution in [-0.2, 0) is 11.0 Å². The Morgan fingerprint density at radius 2 is 1.34 bits per heavy atom. The van der Waals surface area contributed by atoms with Crippen LogP contribution < -0.4 is 10.2 Å². The van der Waals surface area contributed by atoms with Gasteiger partial charge in [0.05, 0.1) is 16.8 Å². The van der Waals surface area contributed by atoms with Gasteiger partial charge in [-0.3, -0.25) is 9.69 Å². The van der Waals surface area contributed by atoms with Crippen molar-refractivity contribution in [2.75, 3.05) is 4.90 Å². The van der Waals surface area contributed by atoms with Crippen molar-refractivity contribution in [1.82, 2.24) is 5.32 Å². The number of allylic oxidation sites excluding steroid dienone is 1. The number of anilines is 1. The predicted molar refractivity (Wildman–Crippen MR) is 92.3 cm³/mol. The first kappa shape index (κ1) is 23.9. The zero-order valence-electron chi connectivity index (χ0n) is 16.4. The number of hydrogen-bond acceptors (Lipinski definition) is 2. The van der Waals surface area contributed by atoms with E-state index in [0.29, 0.717) is 17.0 Å². The Kier molecular flexibility index (Phi) is 5.15. The fourth-order valence-electron chi connectivity index (χ4n) is 3.96. The number of halogens is 9. The molecule has 0 atom stereocenters. The molecule has 1 aromatic rings. The highest BCUT2D eigenvalue weighted by Crippen LogP contribution is 2.55. The minimum Gasteiger partial charge on any atom is -0.312 e. The molecule has 176 valence electrons. The van der Waals surface area contributed by atoms with E-state index in [-0.39, 0.29) is 0 Å². The molecule has 2 aliphatic rings. The maximum atomic E-state index is 13.9. The van der Waals surface area contributed by atoms with Gasteiger partial charge in [0.15, 0.2) is 5.78 Å². The summed E-state index contributed by atoms with van der Waals surface area (Å²) < 4.78 is 122. The van der Waals surface area contributed by atoms with Gasteiger partial charge in [-0.05, 0) is 36.1 Å². The molecule has 0 fully saturated rings. The normalized spacial score (nSPS) is 21.4. The lowest BCUT2D eigenvalue weighted by molar-refractivity contribution is -0.291. The fraction of sp³-hybridized carbons (Fsp3) is 0.474. The Balaban J connectivity index is 2.32. The van der Waals surface area contributed by atoms with Crippen LogP contribution >= 0.6 is 0 Å². The molecule has 1 aliphatic carbocycles. The number of urea groups is 1. The number of hydrogen-bond donors (Lipinski definition) is 1. The van der Waals surface area contributed by atoms with Crippen LogP contribution in [0.3, 0.4) is 0 Å². The number of rotatable bonds is 1. The molecule has 0 spiro atoms. The molecular weight excluding hydrogens is 459 g/mol. The van der Waals surface area contributed by atoms with Crippen LogP contribution in [0.5, 0.6) is 0 Å². The lowest BCUT2D eigenvalue weighted by atomic mass is 9.69. The largest absolute Gasteiger partial charge is 0.425 e. The van der Waals surface area contributed by atoms with E-state index in [4.69, 9.17) is 0 Å². The molecule has 0 unspecified atom stereocenters. The molecule has 1 heterocycles. The zero-order valence-corrected chi connectivity index (χ0v) is 16.4. The third kappa shape index (κ3) is 3.60. The van der Waals surface area contributed by atoms with Crippen molar-refractivity contribution in [3.8, 4) is 0 Å². The minimum absolute atomic E-state index is 0.393. The van der Waals surface area contributed by atoms with Gasteiger partial charge in [-0.15, -0.1) is 0 Å². The van der Waals surface area contributed by atoms with E-state index in [0.717, 1.165) is 17.4 Å². The topological polar surface area (TPSA) is 49.4 Å².